The lowest BCUT2D eigenvalue weighted by molar-refractivity contribution is -0.00549. The van der Waals surface area contributed by atoms with Gasteiger partial charge in [0.1, 0.15) is 5.60 Å². The summed E-state index contributed by atoms with van der Waals surface area (Å²) in [4.78, 5) is 16.0. The van der Waals surface area contributed by atoms with E-state index < -0.39 is 5.60 Å². The van der Waals surface area contributed by atoms with E-state index in [4.69, 9.17) is 9.84 Å². The zero-order valence-corrected chi connectivity index (χ0v) is 12.3. The summed E-state index contributed by atoms with van der Waals surface area (Å²) in [6, 6.07) is 0. The van der Waals surface area contributed by atoms with E-state index in [-0.39, 0.29) is 6.09 Å². The monoisotopic (exact) mass is 270 g/mol. The fourth-order valence-corrected chi connectivity index (χ4v) is 2.75. The number of aliphatic hydroxyl groups excluding tert-OH is 1. The molecule has 0 bridgehead atoms. The fraction of sp³-hybridized carbons (Fsp3) is 0.929. The van der Waals surface area contributed by atoms with Crippen molar-refractivity contribution in [3.05, 3.63) is 0 Å². The molecule has 5 nitrogen and oxygen atoms in total. The third kappa shape index (κ3) is 4.08. The number of amides is 1. The Balaban J connectivity index is 1.65. The molecule has 0 saturated carbocycles. The molecule has 2 saturated heterocycles. The Morgan fingerprint density at radius 2 is 1.95 bits per heavy atom. The number of aliphatic hydroxyl groups is 1. The average Bonchev–Trinajstić information content (AvgIpc) is 2.67. The van der Waals surface area contributed by atoms with Gasteiger partial charge in [-0.25, -0.2) is 4.79 Å². The highest BCUT2D eigenvalue weighted by atomic mass is 16.6. The molecule has 19 heavy (non-hydrogen) atoms. The minimum Gasteiger partial charge on any atom is -0.444 e. The maximum Gasteiger partial charge on any atom is 0.410 e. The van der Waals surface area contributed by atoms with E-state index in [0.717, 1.165) is 39.1 Å². The summed E-state index contributed by atoms with van der Waals surface area (Å²) in [6.45, 7) is 10.7. The minimum absolute atomic E-state index is 0.196. The van der Waals surface area contributed by atoms with Crippen LogP contribution in [0.3, 0.4) is 0 Å². The summed E-state index contributed by atoms with van der Waals surface area (Å²) >= 11 is 0. The molecule has 0 aromatic rings. The molecule has 2 aliphatic rings. The van der Waals surface area contributed by atoms with Gasteiger partial charge in [-0.3, -0.25) is 0 Å². The summed E-state index contributed by atoms with van der Waals surface area (Å²) in [5.41, 5.74) is -0.411. The Bertz CT molecular complexity index is 321. The van der Waals surface area contributed by atoms with Crippen LogP contribution in [0.4, 0.5) is 4.79 Å². The molecule has 0 aliphatic carbocycles. The van der Waals surface area contributed by atoms with E-state index in [1.165, 1.54) is 0 Å². The molecule has 1 amide bonds. The van der Waals surface area contributed by atoms with Gasteiger partial charge in [-0.1, -0.05) is 0 Å². The number of hydrogen-bond acceptors (Lipinski definition) is 4. The number of hydrogen-bond donors (Lipinski definition) is 1. The van der Waals surface area contributed by atoms with Crippen molar-refractivity contribution in [1.29, 1.82) is 0 Å². The zero-order chi connectivity index (χ0) is 14.0. The van der Waals surface area contributed by atoms with Crippen LogP contribution in [0, 0.1) is 11.8 Å². The van der Waals surface area contributed by atoms with Crippen LogP contribution in [0.15, 0.2) is 0 Å². The fourth-order valence-electron chi connectivity index (χ4n) is 2.75. The lowest BCUT2D eigenvalue weighted by Gasteiger charge is -2.41. The Morgan fingerprint density at radius 3 is 2.47 bits per heavy atom. The third-order valence-electron chi connectivity index (χ3n) is 3.75. The van der Waals surface area contributed by atoms with E-state index in [1.54, 1.807) is 4.90 Å². The van der Waals surface area contributed by atoms with Crippen molar-refractivity contribution in [1.82, 2.24) is 9.80 Å². The first kappa shape index (κ1) is 14.6. The van der Waals surface area contributed by atoms with Crippen molar-refractivity contribution in [2.45, 2.75) is 32.8 Å². The number of ether oxygens (including phenoxy) is 1. The highest BCUT2D eigenvalue weighted by Crippen LogP contribution is 2.23. The summed E-state index contributed by atoms with van der Waals surface area (Å²) in [6.07, 6.45) is 0.900. The molecule has 1 atom stereocenters. The number of rotatable bonds is 3. The van der Waals surface area contributed by atoms with Gasteiger partial charge in [0.2, 0.25) is 0 Å². The number of likely N-dealkylation sites (tertiary alicyclic amines) is 2. The lowest BCUT2D eigenvalue weighted by atomic mass is 10.0. The van der Waals surface area contributed by atoms with Crippen LogP contribution >= 0.6 is 0 Å². The molecule has 0 aromatic carbocycles. The van der Waals surface area contributed by atoms with Crippen molar-refractivity contribution in [2.24, 2.45) is 11.8 Å². The van der Waals surface area contributed by atoms with Gasteiger partial charge in [-0.15, -0.1) is 0 Å². The Hall–Kier alpha value is -0.810. The van der Waals surface area contributed by atoms with Crippen molar-refractivity contribution in [3.63, 3.8) is 0 Å². The summed E-state index contributed by atoms with van der Waals surface area (Å²) in [5, 5.41) is 9.12. The third-order valence-corrected chi connectivity index (χ3v) is 3.75. The summed E-state index contributed by atoms with van der Waals surface area (Å²) < 4.78 is 5.33. The maximum atomic E-state index is 11.8. The highest BCUT2D eigenvalue weighted by Gasteiger charge is 2.35. The van der Waals surface area contributed by atoms with E-state index in [0.29, 0.717) is 18.4 Å². The number of carbonyl (C=O) groups is 1. The smallest absolute Gasteiger partial charge is 0.410 e. The van der Waals surface area contributed by atoms with Crippen LogP contribution in [0.5, 0.6) is 0 Å². The quantitative estimate of drug-likeness (QED) is 0.836. The second-order valence-electron chi connectivity index (χ2n) is 6.85. The van der Waals surface area contributed by atoms with Gasteiger partial charge in [0.05, 0.1) is 0 Å². The van der Waals surface area contributed by atoms with Gasteiger partial charge in [-0.2, -0.15) is 0 Å². The molecule has 1 N–H and O–H groups in total. The van der Waals surface area contributed by atoms with Crippen LogP contribution in [0.1, 0.15) is 27.2 Å². The van der Waals surface area contributed by atoms with Crippen molar-refractivity contribution in [2.75, 3.05) is 39.3 Å². The van der Waals surface area contributed by atoms with E-state index in [2.05, 4.69) is 4.90 Å². The number of nitrogens with zero attached hydrogens (tertiary/aromatic N) is 2. The normalized spacial score (nSPS) is 25.5. The standard InChI is InChI=1S/C14H26N2O3/c1-14(2,3)19-13(18)16-8-12(9-16)7-15-5-4-11(6-15)10-17/h11-12,17H,4-10H2,1-3H3. The predicted octanol–water partition coefficient (Wildman–Crippen LogP) is 1.17. The van der Waals surface area contributed by atoms with Crippen LogP contribution < -0.4 is 0 Å². The topological polar surface area (TPSA) is 53.0 Å². The van der Waals surface area contributed by atoms with E-state index in [1.807, 2.05) is 20.8 Å². The van der Waals surface area contributed by atoms with E-state index in [9.17, 15) is 4.79 Å². The predicted molar refractivity (Wildman–Crippen MR) is 72.9 cm³/mol. The van der Waals surface area contributed by atoms with Crippen molar-refractivity contribution in [3.8, 4) is 0 Å². The molecule has 2 fully saturated rings. The lowest BCUT2D eigenvalue weighted by Crippen LogP contribution is -2.54. The first-order valence-electron chi connectivity index (χ1n) is 7.18. The summed E-state index contributed by atoms with van der Waals surface area (Å²) in [5.74, 6) is 1.01. The zero-order valence-electron chi connectivity index (χ0n) is 12.3. The SMILES string of the molecule is CC(C)(C)OC(=O)N1CC(CN2CCC(CO)C2)C1. The molecule has 2 aliphatic heterocycles. The second-order valence-corrected chi connectivity index (χ2v) is 6.85. The first-order chi connectivity index (χ1) is 8.87. The van der Waals surface area contributed by atoms with Crippen molar-refractivity contribution >= 4 is 6.09 Å². The first-order valence-corrected chi connectivity index (χ1v) is 7.18. The van der Waals surface area contributed by atoms with Gasteiger partial charge in [0.15, 0.2) is 0 Å². The number of carbonyl (C=O) groups excluding carboxylic acids is 1. The van der Waals surface area contributed by atoms with Crippen LogP contribution in [0.25, 0.3) is 0 Å². The van der Waals surface area contributed by atoms with Gasteiger partial charge in [-0.05, 0) is 39.7 Å². The maximum absolute atomic E-state index is 11.8. The molecular weight excluding hydrogens is 244 g/mol. The van der Waals surface area contributed by atoms with Crippen LogP contribution in [-0.2, 0) is 4.74 Å². The highest BCUT2D eigenvalue weighted by molar-refractivity contribution is 5.69. The van der Waals surface area contributed by atoms with E-state index >= 15 is 0 Å². The molecule has 5 heteroatoms. The Labute approximate surface area is 115 Å². The molecule has 0 radical (unpaired) electrons. The van der Waals surface area contributed by atoms with Crippen LogP contribution in [0.2, 0.25) is 0 Å². The van der Waals surface area contributed by atoms with Crippen LogP contribution in [-0.4, -0.2) is 65.9 Å². The molecule has 1 unspecified atom stereocenters. The molecule has 110 valence electrons. The average molecular weight is 270 g/mol. The Morgan fingerprint density at radius 1 is 1.26 bits per heavy atom. The minimum atomic E-state index is -0.411. The van der Waals surface area contributed by atoms with Gasteiger partial charge in [0.25, 0.3) is 0 Å². The van der Waals surface area contributed by atoms with Crippen molar-refractivity contribution < 1.29 is 14.6 Å². The molecule has 2 heterocycles. The van der Waals surface area contributed by atoms with Gasteiger partial charge >= 0.3 is 6.09 Å². The molecule has 0 spiro atoms. The largest absolute Gasteiger partial charge is 0.444 e. The van der Waals surface area contributed by atoms with Gasteiger partial charge in [0, 0.05) is 38.7 Å². The second kappa shape index (κ2) is 5.67. The van der Waals surface area contributed by atoms with Gasteiger partial charge < -0.3 is 19.6 Å². The molecule has 0 aromatic heterocycles. The Kier molecular flexibility index (Phi) is 4.36. The summed E-state index contributed by atoms with van der Waals surface area (Å²) in [7, 11) is 0. The molecule has 2 rings (SSSR count). The molecular formula is C14H26N2O3.